The molecule has 0 spiro atoms. The lowest BCUT2D eigenvalue weighted by atomic mass is 10.1. The van der Waals surface area contributed by atoms with Gasteiger partial charge in [-0.1, -0.05) is 30.3 Å². The van der Waals surface area contributed by atoms with Crippen LogP contribution in [0.4, 0.5) is 0 Å². The first-order chi connectivity index (χ1) is 18.0. The second-order valence-corrected chi connectivity index (χ2v) is 8.18. The number of benzene rings is 1. The van der Waals surface area contributed by atoms with Gasteiger partial charge in [0.25, 0.3) is 0 Å². The van der Waals surface area contributed by atoms with Gasteiger partial charge in [0, 0.05) is 6.54 Å². The number of rotatable bonds is 17. The molecule has 0 aliphatic rings. The van der Waals surface area contributed by atoms with E-state index in [0.717, 1.165) is 5.56 Å². The molecule has 11 N–H and O–H groups in total. The molecule has 1 aromatic rings. The molecule has 4 amide bonds. The number of carboxylic acids is 1. The fourth-order valence-electron chi connectivity index (χ4n) is 3.26. The predicted molar refractivity (Wildman–Crippen MR) is 135 cm³/mol. The first kappa shape index (κ1) is 31.5. The minimum atomic E-state index is -1.51. The molecular weight excluding hydrogens is 500 g/mol. The van der Waals surface area contributed by atoms with Gasteiger partial charge in [-0.05, 0) is 24.8 Å². The van der Waals surface area contributed by atoms with Crippen molar-refractivity contribution in [3.8, 4) is 0 Å². The molecule has 0 aliphatic heterocycles. The molecular formula is C23H34N8O7. The van der Waals surface area contributed by atoms with E-state index in [-0.39, 0.29) is 31.9 Å². The molecule has 0 saturated heterocycles. The summed E-state index contributed by atoms with van der Waals surface area (Å²) in [4.78, 5) is 72.0. The number of carboxylic acid groups (broad SMARTS) is 1. The van der Waals surface area contributed by atoms with Crippen LogP contribution >= 0.6 is 0 Å². The van der Waals surface area contributed by atoms with Gasteiger partial charge in [0.2, 0.25) is 23.6 Å². The van der Waals surface area contributed by atoms with E-state index in [4.69, 9.17) is 22.0 Å². The quantitative estimate of drug-likeness (QED) is 0.0416. The summed E-state index contributed by atoms with van der Waals surface area (Å²) in [7, 11) is 0. The summed E-state index contributed by atoms with van der Waals surface area (Å²) in [6.07, 6.45) is 0.388. The molecule has 15 heteroatoms. The normalized spacial score (nSPS) is 12.7. The molecule has 0 aromatic heterocycles. The fourth-order valence-corrected chi connectivity index (χ4v) is 3.26. The molecule has 0 heterocycles. The number of nitrogens with two attached hydrogens (primary N) is 2. The Morgan fingerprint density at radius 2 is 1.61 bits per heavy atom. The van der Waals surface area contributed by atoms with Crippen LogP contribution in [0.25, 0.3) is 0 Å². The number of hydrogen-bond acceptors (Lipinski definition) is 8. The monoisotopic (exact) mass is 534 g/mol. The minimum absolute atomic E-state index is 0.137. The largest absolute Gasteiger partial charge is 0.481 e. The van der Waals surface area contributed by atoms with Crippen molar-refractivity contribution in [2.75, 3.05) is 19.6 Å². The summed E-state index contributed by atoms with van der Waals surface area (Å²) < 4.78 is 0. The maximum atomic E-state index is 12.6. The number of carbonyl (C=O) groups is 6. The van der Waals surface area contributed by atoms with E-state index in [1.165, 1.54) is 0 Å². The highest BCUT2D eigenvalue weighted by molar-refractivity contribution is 5.94. The standard InChI is InChI=1S/C23H34N8O7/c24-11-18(33)30-16(7-4-8-27-23(25)26)21(37)28-12-19(34)31-17(10-20(35)36)22(38)29-15(13-32)9-14-5-2-1-3-6-14/h1-3,5-6,13,15-17H,4,7-12,24H2,(H,28,37)(H,29,38)(H,30,33)(H,31,34)(H,35,36)(H4,25,26,27)/t15-,16+,17+/m1/s1. The van der Waals surface area contributed by atoms with Gasteiger partial charge in [0.1, 0.15) is 18.4 Å². The number of guanidine groups is 1. The van der Waals surface area contributed by atoms with Gasteiger partial charge in [-0.15, -0.1) is 0 Å². The first-order valence-electron chi connectivity index (χ1n) is 11.7. The summed E-state index contributed by atoms with van der Waals surface area (Å²) in [5.74, 6) is -4.70. The van der Waals surface area contributed by atoms with E-state index in [1.54, 1.807) is 30.3 Å². The predicted octanol–water partition coefficient (Wildman–Crippen LogP) is -3.30. The van der Waals surface area contributed by atoms with Crippen LogP contribution in [0, 0.1) is 5.41 Å². The van der Waals surface area contributed by atoms with Gasteiger partial charge in [0.15, 0.2) is 5.96 Å². The van der Waals surface area contributed by atoms with Crippen molar-refractivity contribution in [2.24, 2.45) is 11.5 Å². The highest BCUT2D eigenvalue weighted by Gasteiger charge is 2.27. The van der Waals surface area contributed by atoms with Crippen molar-refractivity contribution in [3.05, 3.63) is 35.9 Å². The lowest BCUT2D eigenvalue weighted by Gasteiger charge is -2.21. The summed E-state index contributed by atoms with van der Waals surface area (Å²) in [5.41, 5.74) is 11.2. The number of amides is 4. The van der Waals surface area contributed by atoms with E-state index in [1.807, 2.05) is 0 Å². The zero-order valence-corrected chi connectivity index (χ0v) is 20.7. The van der Waals surface area contributed by atoms with Crippen LogP contribution in [0.3, 0.4) is 0 Å². The van der Waals surface area contributed by atoms with Crippen LogP contribution in [0.1, 0.15) is 24.8 Å². The molecule has 1 rings (SSSR count). The average Bonchev–Trinajstić information content (AvgIpc) is 2.88. The van der Waals surface area contributed by atoms with E-state index in [2.05, 4.69) is 26.6 Å². The number of aliphatic carboxylic acids is 1. The third kappa shape index (κ3) is 13.0. The number of carbonyl (C=O) groups excluding carboxylic acids is 5. The van der Waals surface area contributed by atoms with E-state index in [9.17, 15) is 28.8 Å². The maximum absolute atomic E-state index is 12.6. The molecule has 0 radical (unpaired) electrons. The van der Waals surface area contributed by atoms with Gasteiger partial charge in [-0.2, -0.15) is 0 Å². The minimum Gasteiger partial charge on any atom is -0.481 e. The molecule has 38 heavy (non-hydrogen) atoms. The second-order valence-electron chi connectivity index (χ2n) is 8.18. The average molecular weight is 535 g/mol. The van der Waals surface area contributed by atoms with Gasteiger partial charge in [-0.3, -0.25) is 29.4 Å². The molecule has 15 nitrogen and oxygen atoms in total. The van der Waals surface area contributed by atoms with Crippen LogP contribution in [0.5, 0.6) is 0 Å². The van der Waals surface area contributed by atoms with Crippen LogP contribution < -0.4 is 38.1 Å². The lowest BCUT2D eigenvalue weighted by molar-refractivity contribution is -0.141. The van der Waals surface area contributed by atoms with Crippen LogP contribution in [-0.4, -0.2) is 84.7 Å². The number of nitrogens with one attached hydrogen (secondary N) is 6. The Hall–Kier alpha value is -4.53. The highest BCUT2D eigenvalue weighted by Crippen LogP contribution is 2.03. The molecule has 208 valence electrons. The number of aldehydes is 1. The van der Waals surface area contributed by atoms with Crippen molar-refractivity contribution < 1.29 is 33.9 Å². The zero-order valence-electron chi connectivity index (χ0n) is 20.7. The molecule has 0 saturated carbocycles. The van der Waals surface area contributed by atoms with Crippen molar-refractivity contribution in [2.45, 2.75) is 43.8 Å². The Morgan fingerprint density at radius 3 is 2.18 bits per heavy atom. The van der Waals surface area contributed by atoms with Gasteiger partial charge < -0.3 is 48.0 Å². The fraction of sp³-hybridized carbons (Fsp3) is 0.435. The summed E-state index contributed by atoms with van der Waals surface area (Å²) in [5, 5.41) is 28.2. The molecule has 3 atom stereocenters. The van der Waals surface area contributed by atoms with E-state index < -0.39 is 60.7 Å². The van der Waals surface area contributed by atoms with Crippen LogP contribution in [0.15, 0.2) is 30.3 Å². The Labute approximate surface area is 219 Å². The van der Waals surface area contributed by atoms with Crippen LogP contribution in [0.2, 0.25) is 0 Å². The van der Waals surface area contributed by atoms with Crippen molar-refractivity contribution in [3.63, 3.8) is 0 Å². The zero-order chi connectivity index (χ0) is 28.5. The summed E-state index contributed by atoms with van der Waals surface area (Å²) in [6.45, 7) is -0.728. The number of hydrogen-bond donors (Lipinski definition) is 9. The summed E-state index contributed by atoms with van der Waals surface area (Å²) >= 11 is 0. The molecule has 0 fully saturated rings. The third-order valence-corrected chi connectivity index (χ3v) is 5.07. The molecule has 0 bridgehead atoms. The second kappa shape index (κ2) is 17.0. The van der Waals surface area contributed by atoms with Gasteiger partial charge in [-0.25, -0.2) is 0 Å². The van der Waals surface area contributed by atoms with E-state index in [0.29, 0.717) is 12.7 Å². The third-order valence-electron chi connectivity index (χ3n) is 5.07. The lowest BCUT2D eigenvalue weighted by Crippen LogP contribution is -2.54. The van der Waals surface area contributed by atoms with Crippen LogP contribution in [-0.2, 0) is 35.2 Å². The SMILES string of the molecule is N=C(N)NCCC[C@H](NC(=O)CN)C(=O)NCC(=O)N[C@@H](CC(=O)O)C(=O)N[C@@H](C=O)Cc1ccccc1. The Kier molecular flexibility index (Phi) is 14.1. The molecule has 0 unspecified atom stereocenters. The summed E-state index contributed by atoms with van der Waals surface area (Å²) in [6, 6.07) is 5.30. The molecule has 0 aliphatic carbocycles. The van der Waals surface area contributed by atoms with Gasteiger partial charge >= 0.3 is 5.97 Å². The van der Waals surface area contributed by atoms with Crippen molar-refractivity contribution >= 4 is 41.8 Å². The molecule has 1 aromatic carbocycles. The van der Waals surface area contributed by atoms with E-state index >= 15 is 0 Å². The maximum Gasteiger partial charge on any atom is 0.305 e. The first-order valence-corrected chi connectivity index (χ1v) is 11.7. The van der Waals surface area contributed by atoms with Crippen molar-refractivity contribution in [1.29, 1.82) is 5.41 Å². The highest BCUT2D eigenvalue weighted by atomic mass is 16.4. The van der Waals surface area contributed by atoms with Gasteiger partial charge in [0.05, 0.1) is 25.6 Å². The smallest absolute Gasteiger partial charge is 0.305 e. The topological polar surface area (TPSA) is 259 Å². The Balaban J connectivity index is 2.72. The Bertz CT molecular complexity index is 989. The Morgan fingerprint density at radius 1 is 0.947 bits per heavy atom. The van der Waals surface area contributed by atoms with Crippen molar-refractivity contribution in [1.82, 2.24) is 26.6 Å².